The third kappa shape index (κ3) is 1.15. The van der Waals surface area contributed by atoms with Crippen molar-refractivity contribution in [2.75, 3.05) is 0 Å². The number of amidine groups is 1. The van der Waals surface area contributed by atoms with Crippen LogP contribution >= 0.6 is 0 Å². The molecule has 0 unspecified atom stereocenters. The predicted octanol–water partition coefficient (Wildman–Crippen LogP) is -1.45. The van der Waals surface area contributed by atoms with E-state index in [4.69, 9.17) is 11.1 Å². The summed E-state index contributed by atoms with van der Waals surface area (Å²) in [6.45, 7) is 0. The summed E-state index contributed by atoms with van der Waals surface area (Å²) in [4.78, 5) is 0. The standard InChI is InChI=1S/C3H4N6/c4-2(5)3-8-6-1-7-9-3/h1H,(H3,4,5). The van der Waals surface area contributed by atoms with Crippen molar-refractivity contribution in [1.82, 2.24) is 20.4 Å². The highest BCUT2D eigenvalue weighted by atomic mass is 15.3. The maximum atomic E-state index is 6.81. The van der Waals surface area contributed by atoms with E-state index in [1.807, 2.05) is 0 Å². The van der Waals surface area contributed by atoms with Crippen molar-refractivity contribution in [3.8, 4) is 0 Å². The first-order chi connectivity index (χ1) is 4.30. The first kappa shape index (κ1) is 5.54. The molecule has 3 N–H and O–H groups in total. The van der Waals surface area contributed by atoms with Crippen LogP contribution in [0.1, 0.15) is 5.82 Å². The Labute approximate surface area is 50.6 Å². The molecular weight excluding hydrogens is 120 g/mol. The van der Waals surface area contributed by atoms with Gasteiger partial charge in [0.05, 0.1) is 0 Å². The zero-order valence-electron chi connectivity index (χ0n) is 4.44. The number of hydrogen-bond acceptors (Lipinski definition) is 5. The molecule has 1 heterocycles. The summed E-state index contributed by atoms with van der Waals surface area (Å²) < 4.78 is 0. The van der Waals surface area contributed by atoms with Gasteiger partial charge in [-0.3, -0.25) is 5.41 Å². The smallest absolute Gasteiger partial charge is 0.237 e. The first-order valence-electron chi connectivity index (χ1n) is 2.15. The Bertz CT molecular complexity index is 205. The molecule has 0 saturated heterocycles. The minimum atomic E-state index is -0.226. The zero-order valence-corrected chi connectivity index (χ0v) is 4.44. The van der Waals surface area contributed by atoms with Gasteiger partial charge in [-0.25, -0.2) is 0 Å². The van der Waals surface area contributed by atoms with Gasteiger partial charge >= 0.3 is 0 Å². The maximum Gasteiger partial charge on any atom is 0.237 e. The lowest BCUT2D eigenvalue weighted by molar-refractivity contribution is 0.835. The molecule has 46 valence electrons. The van der Waals surface area contributed by atoms with Crippen molar-refractivity contribution >= 4 is 5.84 Å². The molecule has 6 heteroatoms. The van der Waals surface area contributed by atoms with E-state index in [0.29, 0.717) is 0 Å². The Balaban J connectivity index is 2.98. The Morgan fingerprint density at radius 2 is 2.00 bits per heavy atom. The summed E-state index contributed by atoms with van der Waals surface area (Å²) in [6.07, 6.45) is 1.17. The van der Waals surface area contributed by atoms with E-state index in [1.165, 1.54) is 6.33 Å². The molecule has 0 atom stereocenters. The molecule has 0 aliphatic rings. The van der Waals surface area contributed by atoms with E-state index < -0.39 is 0 Å². The number of rotatable bonds is 1. The molecule has 0 fully saturated rings. The summed E-state index contributed by atoms with van der Waals surface area (Å²) in [6, 6.07) is 0. The SMILES string of the molecule is N=C(N)c1nncnn1. The van der Waals surface area contributed by atoms with Crippen molar-refractivity contribution < 1.29 is 0 Å². The molecule has 0 bridgehead atoms. The summed E-state index contributed by atoms with van der Waals surface area (Å²) in [5.74, 6) is -0.173. The quantitative estimate of drug-likeness (QED) is 0.352. The molecule has 0 radical (unpaired) electrons. The van der Waals surface area contributed by atoms with Crippen LogP contribution in [0.3, 0.4) is 0 Å². The maximum absolute atomic E-state index is 6.81. The predicted molar refractivity (Wildman–Crippen MR) is 28.6 cm³/mol. The minimum absolute atomic E-state index is 0.0532. The number of hydrogen-bond donors (Lipinski definition) is 2. The molecule has 0 spiro atoms. The van der Waals surface area contributed by atoms with Gasteiger partial charge in [0, 0.05) is 0 Å². The fourth-order valence-corrected chi connectivity index (χ4v) is 0.312. The van der Waals surface area contributed by atoms with E-state index in [1.54, 1.807) is 0 Å². The number of nitrogens with two attached hydrogens (primary N) is 1. The Morgan fingerprint density at radius 1 is 1.44 bits per heavy atom. The van der Waals surface area contributed by atoms with Gasteiger partial charge in [-0.2, -0.15) is 0 Å². The average Bonchev–Trinajstić information content (AvgIpc) is 1.90. The van der Waals surface area contributed by atoms with Gasteiger partial charge in [-0.05, 0) is 0 Å². The van der Waals surface area contributed by atoms with Crippen LogP contribution in [0.25, 0.3) is 0 Å². The summed E-state index contributed by atoms with van der Waals surface area (Å²) in [7, 11) is 0. The molecule has 9 heavy (non-hydrogen) atoms. The second kappa shape index (κ2) is 2.12. The third-order valence-corrected chi connectivity index (χ3v) is 0.649. The molecule has 1 rings (SSSR count). The topological polar surface area (TPSA) is 101 Å². The summed E-state index contributed by atoms with van der Waals surface area (Å²) >= 11 is 0. The highest BCUT2D eigenvalue weighted by Crippen LogP contribution is 1.75. The molecular formula is C3H4N6. The van der Waals surface area contributed by atoms with Gasteiger partial charge in [-0.1, -0.05) is 0 Å². The highest BCUT2D eigenvalue weighted by Gasteiger charge is 1.96. The summed E-state index contributed by atoms with van der Waals surface area (Å²) in [5, 5.41) is 20.3. The van der Waals surface area contributed by atoms with Gasteiger partial charge in [0.15, 0.2) is 12.2 Å². The number of nitrogens with one attached hydrogen (secondary N) is 1. The van der Waals surface area contributed by atoms with E-state index in [-0.39, 0.29) is 11.7 Å². The number of nitrogens with zero attached hydrogens (tertiary/aromatic N) is 4. The summed E-state index contributed by atoms with van der Waals surface area (Å²) in [5.41, 5.74) is 4.99. The van der Waals surface area contributed by atoms with Crippen LogP contribution in [-0.4, -0.2) is 26.2 Å². The van der Waals surface area contributed by atoms with Crippen LogP contribution in [0.5, 0.6) is 0 Å². The lowest BCUT2D eigenvalue weighted by atomic mass is 10.6. The van der Waals surface area contributed by atoms with Crippen LogP contribution < -0.4 is 5.73 Å². The molecule has 1 aromatic rings. The fraction of sp³-hybridized carbons (Fsp3) is 0. The molecule has 0 aliphatic carbocycles. The normalized spacial score (nSPS) is 8.89. The second-order valence-corrected chi connectivity index (χ2v) is 1.28. The molecule has 1 aromatic heterocycles. The second-order valence-electron chi connectivity index (χ2n) is 1.28. The molecule has 6 nitrogen and oxygen atoms in total. The van der Waals surface area contributed by atoms with Gasteiger partial charge in [0.1, 0.15) is 0 Å². The first-order valence-corrected chi connectivity index (χ1v) is 2.15. The molecule has 0 saturated carbocycles. The van der Waals surface area contributed by atoms with Crippen LogP contribution in [0.15, 0.2) is 6.33 Å². The van der Waals surface area contributed by atoms with Gasteiger partial charge in [0.2, 0.25) is 5.82 Å². The van der Waals surface area contributed by atoms with E-state index in [2.05, 4.69) is 20.4 Å². The Kier molecular flexibility index (Phi) is 1.31. The van der Waals surface area contributed by atoms with Gasteiger partial charge in [0.25, 0.3) is 0 Å². The number of nitrogen functional groups attached to an aromatic ring is 1. The molecule has 0 aliphatic heterocycles. The monoisotopic (exact) mass is 124 g/mol. The van der Waals surface area contributed by atoms with Crippen molar-refractivity contribution in [2.24, 2.45) is 5.73 Å². The van der Waals surface area contributed by atoms with Crippen LogP contribution in [0.4, 0.5) is 0 Å². The molecule has 0 amide bonds. The minimum Gasteiger partial charge on any atom is -0.381 e. The third-order valence-electron chi connectivity index (χ3n) is 0.649. The lowest BCUT2D eigenvalue weighted by Gasteiger charge is -1.88. The van der Waals surface area contributed by atoms with E-state index >= 15 is 0 Å². The Morgan fingerprint density at radius 3 is 2.33 bits per heavy atom. The van der Waals surface area contributed by atoms with Crippen molar-refractivity contribution in [2.45, 2.75) is 0 Å². The zero-order chi connectivity index (χ0) is 6.69. The average molecular weight is 124 g/mol. The van der Waals surface area contributed by atoms with Crippen LogP contribution in [0, 0.1) is 5.41 Å². The lowest BCUT2D eigenvalue weighted by Crippen LogP contribution is -2.16. The van der Waals surface area contributed by atoms with Crippen LogP contribution in [-0.2, 0) is 0 Å². The van der Waals surface area contributed by atoms with Crippen LogP contribution in [0.2, 0.25) is 0 Å². The Hall–Kier alpha value is -1.59. The fourth-order valence-electron chi connectivity index (χ4n) is 0.312. The van der Waals surface area contributed by atoms with E-state index in [0.717, 1.165) is 0 Å². The van der Waals surface area contributed by atoms with Gasteiger partial charge < -0.3 is 5.73 Å². The van der Waals surface area contributed by atoms with Gasteiger partial charge in [-0.15, -0.1) is 20.4 Å². The van der Waals surface area contributed by atoms with Crippen molar-refractivity contribution in [3.05, 3.63) is 12.2 Å². The highest BCUT2D eigenvalue weighted by molar-refractivity contribution is 5.90. The van der Waals surface area contributed by atoms with E-state index in [9.17, 15) is 0 Å². The van der Waals surface area contributed by atoms with Crippen molar-refractivity contribution in [3.63, 3.8) is 0 Å². The largest absolute Gasteiger partial charge is 0.381 e. The number of aromatic nitrogens is 4. The molecule has 0 aromatic carbocycles. The van der Waals surface area contributed by atoms with Crippen molar-refractivity contribution in [1.29, 1.82) is 5.41 Å².